The van der Waals surface area contributed by atoms with Crippen molar-refractivity contribution in [2.24, 2.45) is 4.99 Å². The van der Waals surface area contributed by atoms with Gasteiger partial charge in [-0.25, -0.2) is 13.1 Å². The Balaban J connectivity index is 0.00000288. The third-order valence-electron chi connectivity index (χ3n) is 4.64. The minimum Gasteiger partial charge on any atom is -0.356 e. The molecule has 1 atom stereocenters. The van der Waals surface area contributed by atoms with Gasteiger partial charge in [-0.3, -0.25) is 9.89 Å². The molecule has 9 heteroatoms. The van der Waals surface area contributed by atoms with Crippen LogP contribution >= 0.6 is 24.0 Å². The lowest BCUT2D eigenvalue weighted by molar-refractivity contribution is 0.242. The molecule has 0 aromatic heterocycles. The molecule has 1 saturated carbocycles. The van der Waals surface area contributed by atoms with E-state index in [1.807, 2.05) is 0 Å². The van der Waals surface area contributed by atoms with Gasteiger partial charge in [0.1, 0.15) is 0 Å². The monoisotopic (exact) mass is 473 g/mol. The molecule has 1 heterocycles. The molecule has 1 aliphatic carbocycles. The van der Waals surface area contributed by atoms with Gasteiger partial charge in [0, 0.05) is 45.3 Å². The highest BCUT2D eigenvalue weighted by atomic mass is 127. The highest BCUT2D eigenvalue weighted by Crippen LogP contribution is 2.26. The molecule has 2 rings (SSSR count). The summed E-state index contributed by atoms with van der Waals surface area (Å²) in [5, 5.41) is 6.74. The Labute approximate surface area is 163 Å². The smallest absolute Gasteiger partial charge is 0.208 e. The Morgan fingerprint density at radius 3 is 2.54 bits per heavy atom. The van der Waals surface area contributed by atoms with E-state index < -0.39 is 10.0 Å². The second-order valence-electron chi connectivity index (χ2n) is 6.58. The van der Waals surface area contributed by atoms with Crippen molar-refractivity contribution in [1.29, 1.82) is 0 Å². The fourth-order valence-corrected chi connectivity index (χ4v) is 3.96. The second-order valence-corrected chi connectivity index (χ2v) is 8.42. The number of sulfonamides is 1. The molecule has 1 aliphatic heterocycles. The molecule has 24 heavy (non-hydrogen) atoms. The van der Waals surface area contributed by atoms with E-state index in [1.54, 1.807) is 7.05 Å². The molecule has 1 unspecified atom stereocenters. The van der Waals surface area contributed by atoms with Crippen molar-refractivity contribution in [3.8, 4) is 0 Å². The third-order valence-corrected chi connectivity index (χ3v) is 5.36. The quantitative estimate of drug-likeness (QED) is 0.220. The lowest BCUT2D eigenvalue weighted by Crippen LogP contribution is -2.45. The lowest BCUT2D eigenvalue weighted by Gasteiger charge is -2.24. The summed E-state index contributed by atoms with van der Waals surface area (Å²) in [6.45, 7) is 3.42. The number of nitrogens with zero attached hydrogens (tertiary/aromatic N) is 2. The maximum atomic E-state index is 11.0. The van der Waals surface area contributed by atoms with Crippen molar-refractivity contribution in [1.82, 2.24) is 20.3 Å². The molecular weight excluding hydrogens is 441 g/mol. The van der Waals surface area contributed by atoms with Gasteiger partial charge in [-0.1, -0.05) is 12.8 Å². The average molecular weight is 473 g/mol. The zero-order chi connectivity index (χ0) is 16.7. The number of rotatable bonds is 7. The van der Waals surface area contributed by atoms with Crippen LogP contribution in [-0.4, -0.2) is 70.8 Å². The Morgan fingerprint density at radius 2 is 1.92 bits per heavy atom. The normalized spacial score (nSPS) is 23.2. The molecule has 0 radical (unpaired) electrons. The predicted octanol–water partition coefficient (Wildman–Crippen LogP) is 0.726. The standard InChI is InChI=1S/C15H31N5O2S.HI/c1-16-15(17-9-5-10-18-23(2,21)22)19-13-8-11-20(12-13)14-6-3-4-7-14;/h13-14,18H,3-12H2,1-2H3,(H2,16,17,19);1H. The molecule has 142 valence electrons. The van der Waals surface area contributed by atoms with Gasteiger partial charge in [-0.05, 0) is 25.7 Å². The molecule has 2 aliphatic rings. The Bertz CT molecular complexity index is 494. The fourth-order valence-electron chi connectivity index (χ4n) is 3.45. The molecular formula is C15H32IN5O2S. The molecule has 3 N–H and O–H groups in total. The van der Waals surface area contributed by atoms with Gasteiger partial charge in [0.15, 0.2) is 5.96 Å². The fraction of sp³-hybridized carbons (Fsp3) is 0.933. The first-order valence-electron chi connectivity index (χ1n) is 8.64. The first-order chi connectivity index (χ1) is 11.0. The van der Waals surface area contributed by atoms with Crippen LogP contribution in [0.3, 0.4) is 0 Å². The maximum absolute atomic E-state index is 11.0. The van der Waals surface area contributed by atoms with E-state index in [2.05, 4.69) is 25.2 Å². The number of hydrogen-bond acceptors (Lipinski definition) is 4. The number of guanidine groups is 1. The van der Waals surface area contributed by atoms with Crippen LogP contribution in [-0.2, 0) is 10.0 Å². The Hall–Kier alpha value is -0.130. The summed E-state index contributed by atoms with van der Waals surface area (Å²) in [5.74, 6) is 0.808. The summed E-state index contributed by atoms with van der Waals surface area (Å²) in [4.78, 5) is 6.88. The summed E-state index contributed by atoms with van der Waals surface area (Å²) in [5.41, 5.74) is 0. The van der Waals surface area contributed by atoms with Gasteiger partial charge in [0.25, 0.3) is 0 Å². The van der Waals surface area contributed by atoms with Crippen LogP contribution in [0.25, 0.3) is 0 Å². The highest BCUT2D eigenvalue weighted by molar-refractivity contribution is 14.0. The third kappa shape index (κ3) is 7.83. The van der Waals surface area contributed by atoms with Crippen molar-refractivity contribution in [3.63, 3.8) is 0 Å². The van der Waals surface area contributed by atoms with Gasteiger partial charge in [-0.2, -0.15) is 0 Å². The maximum Gasteiger partial charge on any atom is 0.208 e. The van der Waals surface area contributed by atoms with Crippen LogP contribution in [0.15, 0.2) is 4.99 Å². The van der Waals surface area contributed by atoms with Crippen LogP contribution in [0.5, 0.6) is 0 Å². The lowest BCUT2D eigenvalue weighted by atomic mass is 10.2. The minimum absolute atomic E-state index is 0. The molecule has 0 spiro atoms. The van der Waals surface area contributed by atoms with Crippen molar-refractivity contribution in [2.45, 2.75) is 50.6 Å². The zero-order valence-corrected chi connectivity index (χ0v) is 17.9. The van der Waals surface area contributed by atoms with Crippen molar-refractivity contribution in [2.75, 3.05) is 39.5 Å². The highest BCUT2D eigenvalue weighted by Gasteiger charge is 2.30. The van der Waals surface area contributed by atoms with E-state index in [0.717, 1.165) is 31.4 Å². The van der Waals surface area contributed by atoms with Gasteiger partial charge in [0.05, 0.1) is 6.26 Å². The zero-order valence-electron chi connectivity index (χ0n) is 14.8. The Kier molecular flexibility index (Phi) is 9.83. The van der Waals surface area contributed by atoms with E-state index in [-0.39, 0.29) is 24.0 Å². The van der Waals surface area contributed by atoms with E-state index in [9.17, 15) is 8.42 Å². The summed E-state index contributed by atoms with van der Waals surface area (Å²) in [7, 11) is -1.32. The molecule has 2 fully saturated rings. The first kappa shape index (κ1) is 21.9. The molecule has 0 aromatic carbocycles. The van der Waals surface area contributed by atoms with Gasteiger partial charge in [0.2, 0.25) is 10.0 Å². The number of aliphatic imine (C=N–C) groups is 1. The minimum atomic E-state index is -3.09. The van der Waals surface area contributed by atoms with Crippen LogP contribution in [0.4, 0.5) is 0 Å². The van der Waals surface area contributed by atoms with E-state index in [4.69, 9.17) is 0 Å². The summed E-state index contributed by atoms with van der Waals surface area (Å²) < 4.78 is 24.5. The average Bonchev–Trinajstić information content (AvgIpc) is 3.15. The van der Waals surface area contributed by atoms with Crippen LogP contribution in [0.1, 0.15) is 38.5 Å². The van der Waals surface area contributed by atoms with Crippen molar-refractivity contribution >= 4 is 40.0 Å². The molecule has 1 saturated heterocycles. The summed E-state index contributed by atoms with van der Waals surface area (Å²) >= 11 is 0. The van der Waals surface area contributed by atoms with Gasteiger partial charge in [-0.15, -0.1) is 24.0 Å². The molecule has 0 amide bonds. The number of halogens is 1. The van der Waals surface area contributed by atoms with E-state index >= 15 is 0 Å². The first-order valence-corrected chi connectivity index (χ1v) is 10.5. The molecule has 0 aromatic rings. The summed E-state index contributed by atoms with van der Waals surface area (Å²) in [6.07, 6.45) is 8.53. The van der Waals surface area contributed by atoms with E-state index in [0.29, 0.717) is 19.1 Å². The van der Waals surface area contributed by atoms with Crippen LogP contribution in [0.2, 0.25) is 0 Å². The topological polar surface area (TPSA) is 85.8 Å². The van der Waals surface area contributed by atoms with Crippen LogP contribution < -0.4 is 15.4 Å². The van der Waals surface area contributed by atoms with Crippen molar-refractivity contribution in [3.05, 3.63) is 0 Å². The number of hydrogen-bond donors (Lipinski definition) is 3. The largest absolute Gasteiger partial charge is 0.356 e. The number of nitrogens with one attached hydrogen (secondary N) is 3. The molecule has 0 bridgehead atoms. The Morgan fingerprint density at radius 1 is 1.21 bits per heavy atom. The molecule has 7 nitrogen and oxygen atoms in total. The predicted molar refractivity (Wildman–Crippen MR) is 110 cm³/mol. The summed E-state index contributed by atoms with van der Waals surface area (Å²) in [6, 6.07) is 1.25. The van der Waals surface area contributed by atoms with Crippen LogP contribution in [0, 0.1) is 0 Å². The SMILES string of the molecule is CN=C(NCCCNS(C)(=O)=O)NC1CCN(C2CCCC2)C1.I. The van der Waals surface area contributed by atoms with Gasteiger partial charge >= 0.3 is 0 Å². The van der Waals surface area contributed by atoms with E-state index in [1.165, 1.54) is 38.5 Å². The second kappa shape index (κ2) is 10.8. The number of likely N-dealkylation sites (tertiary alicyclic amines) is 1. The van der Waals surface area contributed by atoms with Crippen molar-refractivity contribution < 1.29 is 8.42 Å². The van der Waals surface area contributed by atoms with Gasteiger partial charge < -0.3 is 10.6 Å².